The Morgan fingerprint density at radius 1 is 1.18 bits per heavy atom. The second kappa shape index (κ2) is 5.42. The normalized spacial score (nSPS) is 12.7. The first-order chi connectivity index (χ1) is 5.24. The molecular weight excluding hydrogens is 167 g/mol. The van der Waals surface area contributed by atoms with Crippen molar-refractivity contribution in [3.05, 3.63) is 11.8 Å². The molecule has 0 aliphatic heterocycles. The van der Waals surface area contributed by atoms with Crippen LogP contribution in [0.5, 0.6) is 0 Å². The summed E-state index contributed by atoms with van der Waals surface area (Å²) in [6.07, 6.45) is 1.32. The lowest BCUT2D eigenvalue weighted by atomic mass is 10.7. The number of allylic oxidation sites excluding steroid dienone is 1. The monoisotopic (exact) mass is 180 g/mol. The van der Waals surface area contributed by atoms with E-state index in [1.165, 1.54) is 33.1 Å². The number of hydrogen-bond donors (Lipinski definition) is 0. The number of alkyl halides is 1. The zero-order valence-electron chi connectivity index (χ0n) is 6.96. The van der Waals surface area contributed by atoms with Gasteiger partial charge in [0.1, 0.15) is 6.67 Å². The fourth-order valence-electron chi connectivity index (χ4n) is 0.643. The molecule has 0 spiro atoms. The molecule has 11 heavy (non-hydrogen) atoms. The van der Waals surface area contributed by atoms with Gasteiger partial charge in [-0.25, -0.2) is 4.39 Å². The Morgan fingerprint density at radius 3 is 1.91 bits per heavy atom. The van der Waals surface area contributed by atoms with Crippen LogP contribution in [0.4, 0.5) is 4.39 Å². The van der Waals surface area contributed by atoms with Gasteiger partial charge in [0.15, 0.2) is 0 Å². The smallest absolute Gasteiger partial charge is 0.374 e. The average Bonchev–Trinajstić information content (AvgIpc) is 2.08. The van der Waals surface area contributed by atoms with Crippen molar-refractivity contribution in [1.29, 1.82) is 0 Å². The Morgan fingerprint density at radius 2 is 1.64 bits per heavy atom. The molecule has 3 nitrogen and oxygen atoms in total. The SMILES string of the molecule is CO[Si](C=CCF)(OC)OC. The molecule has 0 heterocycles. The molecule has 0 amide bonds. The first kappa shape index (κ1) is 10.8. The van der Waals surface area contributed by atoms with Crippen LogP contribution in [0.1, 0.15) is 0 Å². The van der Waals surface area contributed by atoms with E-state index in [0.717, 1.165) is 0 Å². The van der Waals surface area contributed by atoms with Crippen molar-refractivity contribution in [3.63, 3.8) is 0 Å². The highest BCUT2D eigenvalue weighted by molar-refractivity contribution is 6.66. The summed E-state index contributed by atoms with van der Waals surface area (Å²) in [4.78, 5) is 0. The van der Waals surface area contributed by atoms with E-state index in [-0.39, 0.29) is 0 Å². The summed E-state index contributed by atoms with van der Waals surface area (Å²) in [6.45, 7) is -0.537. The van der Waals surface area contributed by atoms with Crippen molar-refractivity contribution in [1.82, 2.24) is 0 Å². The number of hydrogen-bond acceptors (Lipinski definition) is 3. The topological polar surface area (TPSA) is 27.7 Å². The van der Waals surface area contributed by atoms with Crippen LogP contribution in [0.25, 0.3) is 0 Å². The largest absolute Gasteiger partial charge is 0.528 e. The van der Waals surface area contributed by atoms with Crippen LogP contribution in [-0.2, 0) is 13.3 Å². The van der Waals surface area contributed by atoms with Gasteiger partial charge in [0, 0.05) is 21.3 Å². The predicted molar refractivity (Wildman–Crippen MR) is 41.9 cm³/mol. The molecule has 0 fully saturated rings. The van der Waals surface area contributed by atoms with Crippen LogP contribution < -0.4 is 0 Å². The molecule has 0 aliphatic carbocycles. The second-order valence-corrected chi connectivity index (χ2v) is 4.54. The second-order valence-electron chi connectivity index (χ2n) is 1.77. The van der Waals surface area contributed by atoms with Gasteiger partial charge in [0.25, 0.3) is 0 Å². The zero-order valence-corrected chi connectivity index (χ0v) is 7.96. The van der Waals surface area contributed by atoms with Gasteiger partial charge in [-0.15, -0.1) is 0 Å². The Kier molecular flexibility index (Phi) is 5.31. The summed E-state index contributed by atoms with van der Waals surface area (Å²) in [7, 11) is 1.76. The van der Waals surface area contributed by atoms with Crippen molar-refractivity contribution in [2.45, 2.75) is 0 Å². The Balaban J connectivity index is 4.16. The van der Waals surface area contributed by atoms with E-state index in [1.54, 1.807) is 0 Å². The summed E-state index contributed by atoms with van der Waals surface area (Å²) < 4.78 is 26.6. The lowest BCUT2D eigenvalue weighted by molar-refractivity contribution is 0.138. The van der Waals surface area contributed by atoms with Gasteiger partial charge in [0.2, 0.25) is 0 Å². The molecule has 0 aromatic rings. The van der Waals surface area contributed by atoms with Crippen LogP contribution in [0.3, 0.4) is 0 Å². The van der Waals surface area contributed by atoms with Crippen molar-refractivity contribution < 1.29 is 17.7 Å². The van der Waals surface area contributed by atoms with Gasteiger partial charge >= 0.3 is 8.80 Å². The van der Waals surface area contributed by atoms with Crippen LogP contribution in [0.15, 0.2) is 11.8 Å². The third-order valence-corrected chi connectivity index (χ3v) is 3.62. The van der Waals surface area contributed by atoms with E-state index in [1.807, 2.05) is 0 Å². The molecule has 0 radical (unpaired) electrons. The summed E-state index contributed by atoms with van der Waals surface area (Å²) in [5.74, 6) is 0. The van der Waals surface area contributed by atoms with Crippen molar-refractivity contribution >= 4 is 8.80 Å². The minimum absolute atomic E-state index is 0.537. The fraction of sp³-hybridized carbons (Fsp3) is 0.667. The molecule has 0 atom stereocenters. The maximum atomic E-state index is 11.7. The minimum atomic E-state index is -2.66. The zero-order chi connectivity index (χ0) is 8.74. The van der Waals surface area contributed by atoms with E-state index in [2.05, 4.69) is 0 Å². The molecule has 0 unspecified atom stereocenters. The van der Waals surface area contributed by atoms with Gasteiger partial charge in [-0.3, -0.25) is 0 Å². The fourth-order valence-corrected chi connectivity index (χ4v) is 1.93. The number of halogens is 1. The highest BCUT2D eigenvalue weighted by atomic mass is 28.4. The van der Waals surface area contributed by atoms with E-state index in [4.69, 9.17) is 13.3 Å². The Hall–Kier alpha value is -0.233. The predicted octanol–water partition coefficient (Wildman–Crippen LogP) is 0.929. The molecule has 0 aliphatic rings. The minimum Gasteiger partial charge on any atom is -0.374 e. The summed E-state index contributed by atoms with van der Waals surface area (Å²) in [5, 5.41) is 0. The van der Waals surface area contributed by atoms with E-state index < -0.39 is 15.5 Å². The molecule has 66 valence electrons. The molecule has 0 rings (SSSR count). The van der Waals surface area contributed by atoms with Gasteiger partial charge < -0.3 is 13.3 Å². The van der Waals surface area contributed by atoms with Gasteiger partial charge in [-0.1, -0.05) is 6.08 Å². The van der Waals surface area contributed by atoms with E-state index in [0.29, 0.717) is 0 Å². The van der Waals surface area contributed by atoms with E-state index >= 15 is 0 Å². The van der Waals surface area contributed by atoms with Crippen LogP contribution in [0, 0.1) is 0 Å². The van der Waals surface area contributed by atoms with Crippen LogP contribution in [0.2, 0.25) is 0 Å². The maximum Gasteiger partial charge on any atom is 0.528 e. The quantitative estimate of drug-likeness (QED) is 0.589. The standard InChI is InChI=1S/C6H13FO3Si/c1-8-11(9-2,10-3)6-4-5-7/h4,6H,5H2,1-3H3. The first-order valence-corrected chi connectivity index (χ1v) is 4.94. The Bertz CT molecular complexity index is 117. The molecule has 0 saturated carbocycles. The molecule has 5 heteroatoms. The molecule has 0 aromatic carbocycles. The summed E-state index contributed by atoms with van der Waals surface area (Å²) in [6, 6.07) is 0. The van der Waals surface area contributed by atoms with E-state index in [9.17, 15) is 4.39 Å². The molecule has 0 aromatic heterocycles. The van der Waals surface area contributed by atoms with Crippen LogP contribution >= 0.6 is 0 Å². The van der Waals surface area contributed by atoms with Crippen molar-refractivity contribution in [3.8, 4) is 0 Å². The third-order valence-electron chi connectivity index (χ3n) is 1.26. The highest BCUT2D eigenvalue weighted by Gasteiger charge is 2.33. The summed E-state index contributed by atoms with van der Waals surface area (Å²) in [5.41, 5.74) is 1.51. The lowest BCUT2D eigenvalue weighted by Gasteiger charge is -2.19. The molecule has 0 saturated heterocycles. The van der Waals surface area contributed by atoms with Crippen molar-refractivity contribution in [2.24, 2.45) is 0 Å². The van der Waals surface area contributed by atoms with Crippen molar-refractivity contribution in [2.75, 3.05) is 28.0 Å². The maximum absolute atomic E-state index is 11.7. The summed E-state index contributed by atoms with van der Waals surface area (Å²) >= 11 is 0. The molecular formula is C6H13FO3Si. The highest BCUT2D eigenvalue weighted by Crippen LogP contribution is 2.06. The van der Waals surface area contributed by atoms with Crippen LogP contribution in [-0.4, -0.2) is 36.8 Å². The molecule has 0 bridgehead atoms. The van der Waals surface area contributed by atoms with Gasteiger partial charge in [-0.05, 0) is 5.70 Å². The third kappa shape index (κ3) is 3.11. The van der Waals surface area contributed by atoms with Gasteiger partial charge in [-0.2, -0.15) is 0 Å². The van der Waals surface area contributed by atoms with Gasteiger partial charge in [0.05, 0.1) is 0 Å². The Labute approximate surface area is 67.1 Å². The number of rotatable bonds is 5. The molecule has 0 N–H and O–H groups in total. The lowest BCUT2D eigenvalue weighted by Crippen LogP contribution is -2.40. The average molecular weight is 180 g/mol. The first-order valence-electron chi connectivity index (χ1n) is 3.13.